The largest absolute Gasteiger partial charge is 0.463 e. The molecular weight excluding hydrogens is 416 g/mol. The van der Waals surface area contributed by atoms with Crippen LogP contribution in [0.15, 0.2) is 53.1 Å². The van der Waals surface area contributed by atoms with Gasteiger partial charge in [-0.2, -0.15) is 13.9 Å². The van der Waals surface area contributed by atoms with E-state index in [0.717, 1.165) is 24.3 Å². The Morgan fingerprint density at radius 3 is 2.62 bits per heavy atom. The number of fused-ring (bicyclic) bond motifs is 1. The number of carbonyl (C=O) groups is 1. The second-order valence-corrected chi connectivity index (χ2v) is 6.35. The molecule has 0 aliphatic heterocycles. The smallest absolute Gasteiger partial charge is 0.364 e. The fraction of sp³-hybridized carbons (Fsp3) is 0.0556. The molecule has 0 atom stereocenters. The van der Waals surface area contributed by atoms with Gasteiger partial charge in [-0.3, -0.25) is 4.79 Å². The van der Waals surface area contributed by atoms with Gasteiger partial charge in [0.2, 0.25) is 0 Å². The van der Waals surface area contributed by atoms with Crippen molar-refractivity contribution in [1.82, 2.24) is 14.6 Å². The Labute approximate surface area is 164 Å². The SMILES string of the molecule is O=C(Nc1ccc(F)cc1F)c1cc2nc(-c3ccco3)cc(C(F)(F)Cl)n2n1. The van der Waals surface area contributed by atoms with E-state index >= 15 is 0 Å². The Bertz CT molecular complexity index is 1220. The van der Waals surface area contributed by atoms with E-state index in [2.05, 4.69) is 15.4 Å². The van der Waals surface area contributed by atoms with Gasteiger partial charge in [-0.25, -0.2) is 18.3 Å². The van der Waals surface area contributed by atoms with E-state index in [1.165, 1.54) is 12.3 Å². The van der Waals surface area contributed by atoms with Crippen LogP contribution in [0.3, 0.4) is 0 Å². The molecule has 1 amide bonds. The number of benzene rings is 1. The van der Waals surface area contributed by atoms with Gasteiger partial charge in [0, 0.05) is 12.1 Å². The second-order valence-electron chi connectivity index (χ2n) is 5.88. The maximum Gasteiger partial charge on any atom is 0.364 e. The Morgan fingerprint density at radius 1 is 1.17 bits per heavy atom. The van der Waals surface area contributed by atoms with Crippen molar-refractivity contribution in [2.75, 3.05) is 5.32 Å². The van der Waals surface area contributed by atoms with Crippen LogP contribution in [0, 0.1) is 11.6 Å². The predicted molar refractivity (Wildman–Crippen MR) is 94.7 cm³/mol. The van der Waals surface area contributed by atoms with Gasteiger partial charge in [0.25, 0.3) is 5.91 Å². The van der Waals surface area contributed by atoms with Crippen molar-refractivity contribution < 1.29 is 26.8 Å². The number of hydrogen-bond donors (Lipinski definition) is 1. The van der Waals surface area contributed by atoms with Crippen LogP contribution in [0.1, 0.15) is 16.2 Å². The number of anilines is 1. The molecule has 0 unspecified atom stereocenters. The monoisotopic (exact) mass is 424 g/mol. The molecule has 0 saturated heterocycles. The number of nitrogens with one attached hydrogen (secondary N) is 1. The summed E-state index contributed by atoms with van der Waals surface area (Å²) in [6.45, 7) is 0. The molecule has 0 bridgehead atoms. The van der Waals surface area contributed by atoms with Gasteiger partial charge in [-0.05, 0) is 41.9 Å². The third kappa shape index (κ3) is 3.66. The molecular formula is C18H9ClF4N4O2. The van der Waals surface area contributed by atoms with Crippen molar-refractivity contribution >= 4 is 28.8 Å². The first-order valence-electron chi connectivity index (χ1n) is 8.00. The molecule has 0 saturated carbocycles. The summed E-state index contributed by atoms with van der Waals surface area (Å²) in [7, 11) is 0. The van der Waals surface area contributed by atoms with Gasteiger partial charge >= 0.3 is 5.38 Å². The Morgan fingerprint density at radius 2 is 1.97 bits per heavy atom. The molecule has 1 aromatic carbocycles. The zero-order chi connectivity index (χ0) is 20.8. The number of aromatic nitrogens is 3. The van der Waals surface area contributed by atoms with E-state index in [1.807, 2.05) is 0 Å². The molecule has 4 rings (SSSR count). The molecule has 29 heavy (non-hydrogen) atoms. The quantitative estimate of drug-likeness (QED) is 0.377. The fourth-order valence-corrected chi connectivity index (χ4v) is 2.75. The number of alkyl halides is 3. The number of halogens is 5. The molecule has 1 N–H and O–H groups in total. The lowest BCUT2D eigenvalue weighted by Crippen LogP contribution is -2.15. The zero-order valence-corrected chi connectivity index (χ0v) is 14.9. The number of hydrogen-bond acceptors (Lipinski definition) is 4. The summed E-state index contributed by atoms with van der Waals surface area (Å²) in [6, 6.07) is 7.71. The summed E-state index contributed by atoms with van der Waals surface area (Å²) in [5, 5.41) is 2.16. The molecule has 0 radical (unpaired) electrons. The predicted octanol–water partition coefficient (Wildman–Crippen LogP) is 4.81. The van der Waals surface area contributed by atoms with Gasteiger partial charge in [-0.1, -0.05) is 0 Å². The normalized spacial score (nSPS) is 11.8. The van der Waals surface area contributed by atoms with Crippen molar-refractivity contribution in [3.8, 4) is 11.5 Å². The first-order chi connectivity index (χ1) is 13.7. The first-order valence-corrected chi connectivity index (χ1v) is 8.38. The molecule has 11 heteroatoms. The Balaban J connectivity index is 1.77. The van der Waals surface area contributed by atoms with Crippen LogP contribution in [0.25, 0.3) is 17.1 Å². The van der Waals surface area contributed by atoms with Crippen LogP contribution in [-0.2, 0) is 5.38 Å². The molecule has 4 aromatic rings. The maximum atomic E-state index is 13.9. The van der Waals surface area contributed by atoms with Crippen LogP contribution in [-0.4, -0.2) is 20.5 Å². The lowest BCUT2D eigenvalue weighted by atomic mass is 10.2. The minimum atomic E-state index is -3.83. The van der Waals surface area contributed by atoms with E-state index < -0.39 is 28.6 Å². The standard InChI is InChI=1S/C18H9ClF4N4O2/c19-18(22,23)15-7-12(14-2-1-5-29-14)24-16-8-13(26-27(15)16)17(28)25-11-4-3-9(20)6-10(11)21/h1-8H,(H,25,28). The van der Waals surface area contributed by atoms with Crippen molar-refractivity contribution in [2.45, 2.75) is 5.38 Å². The van der Waals surface area contributed by atoms with E-state index in [9.17, 15) is 22.4 Å². The molecule has 3 heterocycles. The van der Waals surface area contributed by atoms with Crippen molar-refractivity contribution in [1.29, 1.82) is 0 Å². The van der Waals surface area contributed by atoms with E-state index in [0.29, 0.717) is 10.6 Å². The lowest BCUT2D eigenvalue weighted by Gasteiger charge is -2.11. The van der Waals surface area contributed by atoms with Gasteiger partial charge in [0.15, 0.2) is 17.1 Å². The van der Waals surface area contributed by atoms with E-state index in [1.54, 1.807) is 6.07 Å². The van der Waals surface area contributed by atoms with Gasteiger partial charge in [-0.15, -0.1) is 0 Å². The van der Waals surface area contributed by atoms with Crippen LogP contribution >= 0.6 is 11.6 Å². The van der Waals surface area contributed by atoms with Crippen LogP contribution in [0.2, 0.25) is 0 Å². The second kappa shape index (κ2) is 6.89. The number of amides is 1. The van der Waals surface area contributed by atoms with Crippen LogP contribution in [0.4, 0.5) is 23.2 Å². The third-order valence-electron chi connectivity index (χ3n) is 3.90. The number of nitrogens with zero attached hydrogens (tertiary/aromatic N) is 3. The third-order valence-corrected chi connectivity index (χ3v) is 4.10. The number of rotatable bonds is 4. The Kier molecular flexibility index (Phi) is 4.50. The number of carbonyl (C=O) groups excluding carboxylic acids is 1. The van der Waals surface area contributed by atoms with Crippen LogP contribution < -0.4 is 5.32 Å². The first kappa shape index (κ1) is 18.9. The minimum absolute atomic E-state index is 0.0502. The lowest BCUT2D eigenvalue weighted by molar-refractivity contribution is 0.0869. The summed E-state index contributed by atoms with van der Waals surface area (Å²) in [5.41, 5.74) is -1.45. The topological polar surface area (TPSA) is 72.4 Å². The van der Waals surface area contributed by atoms with E-state index in [-0.39, 0.29) is 28.5 Å². The number of furan rings is 1. The summed E-state index contributed by atoms with van der Waals surface area (Å²) in [5.74, 6) is -2.54. The highest BCUT2D eigenvalue weighted by atomic mass is 35.5. The van der Waals surface area contributed by atoms with Crippen molar-refractivity contribution in [3.05, 3.63) is 71.8 Å². The molecule has 0 aliphatic rings. The summed E-state index contributed by atoms with van der Waals surface area (Å²) < 4.78 is 60.4. The maximum absolute atomic E-state index is 13.9. The highest BCUT2D eigenvalue weighted by Gasteiger charge is 2.33. The molecule has 0 fully saturated rings. The summed E-state index contributed by atoms with van der Waals surface area (Å²) in [6.07, 6.45) is 1.34. The van der Waals surface area contributed by atoms with Crippen molar-refractivity contribution in [2.24, 2.45) is 0 Å². The van der Waals surface area contributed by atoms with Gasteiger partial charge in [0.05, 0.1) is 12.0 Å². The fourth-order valence-electron chi connectivity index (χ4n) is 2.62. The molecule has 0 aliphatic carbocycles. The van der Waals surface area contributed by atoms with Gasteiger partial charge in [0.1, 0.15) is 23.0 Å². The van der Waals surface area contributed by atoms with Gasteiger partial charge < -0.3 is 9.73 Å². The molecule has 0 spiro atoms. The van der Waals surface area contributed by atoms with Crippen LogP contribution in [0.5, 0.6) is 0 Å². The summed E-state index contributed by atoms with van der Waals surface area (Å²) in [4.78, 5) is 16.5. The molecule has 148 valence electrons. The highest BCUT2D eigenvalue weighted by Crippen LogP contribution is 2.34. The minimum Gasteiger partial charge on any atom is -0.463 e. The average Bonchev–Trinajstić information content (AvgIpc) is 3.31. The Hall–Kier alpha value is -3.40. The summed E-state index contributed by atoms with van der Waals surface area (Å²) >= 11 is 5.19. The zero-order valence-electron chi connectivity index (χ0n) is 14.2. The highest BCUT2D eigenvalue weighted by molar-refractivity contribution is 6.21. The molecule has 3 aromatic heterocycles. The average molecular weight is 425 g/mol. The van der Waals surface area contributed by atoms with E-state index in [4.69, 9.17) is 16.0 Å². The van der Waals surface area contributed by atoms with Crippen molar-refractivity contribution in [3.63, 3.8) is 0 Å². The molecule has 6 nitrogen and oxygen atoms in total.